The van der Waals surface area contributed by atoms with E-state index in [9.17, 15) is 9.59 Å². The summed E-state index contributed by atoms with van der Waals surface area (Å²) < 4.78 is 0. The predicted molar refractivity (Wildman–Crippen MR) is 164 cm³/mol. The topological polar surface area (TPSA) is 73.2 Å². The van der Waals surface area contributed by atoms with Crippen molar-refractivity contribution in [3.05, 3.63) is 47.5 Å². The number of benzene rings is 1. The van der Waals surface area contributed by atoms with Crippen LogP contribution in [0.15, 0.2) is 41.4 Å². The highest BCUT2D eigenvalue weighted by molar-refractivity contribution is 6.38. The van der Waals surface area contributed by atoms with E-state index in [1.165, 1.54) is 12.8 Å². The van der Waals surface area contributed by atoms with Crippen LogP contribution in [0, 0.1) is 16.7 Å². The van der Waals surface area contributed by atoms with E-state index in [2.05, 4.69) is 79.5 Å². The number of aliphatic imine (C=N–C) groups is 1. The first-order valence-corrected chi connectivity index (χ1v) is 14.7. The van der Waals surface area contributed by atoms with E-state index in [1.807, 2.05) is 29.0 Å². The molecule has 6 nitrogen and oxygen atoms in total. The van der Waals surface area contributed by atoms with E-state index in [-0.39, 0.29) is 22.9 Å². The summed E-state index contributed by atoms with van der Waals surface area (Å²) in [6.07, 6.45) is 10.8. The van der Waals surface area contributed by atoms with Gasteiger partial charge in [0.2, 0.25) is 0 Å². The van der Waals surface area contributed by atoms with E-state index in [0.29, 0.717) is 17.9 Å². The zero-order chi connectivity index (χ0) is 29.8. The van der Waals surface area contributed by atoms with Crippen molar-refractivity contribution < 1.29 is 14.7 Å². The zero-order valence-electron chi connectivity index (χ0n) is 26.4. The monoisotopic (exact) mass is 541 g/mol. The molecule has 0 aromatic heterocycles. The molecular formula is C33H55N3O3. The maximum absolute atomic E-state index is 13.1. The van der Waals surface area contributed by atoms with Gasteiger partial charge in [-0.2, -0.15) is 0 Å². The van der Waals surface area contributed by atoms with Crippen molar-refractivity contribution >= 4 is 17.7 Å². The maximum atomic E-state index is 13.1. The van der Waals surface area contributed by atoms with Gasteiger partial charge < -0.3 is 14.9 Å². The maximum Gasteiger partial charge on any atom is 0.335 e. The summed E-state index contributed by atoms with van der Waals surface area (Å²) >= 11 is 0. The van der Waals surface area contributed by atoms with Gasteiger partial charge in [0.05, 0.1) is 11.6 Å². The Morgan fingerprint density at radius 2 is 1.74 bits per heavy atom. The van der Waals surface area contributed by atoms with Crippen molar-refractivity contribution in [2.45, 2.75) is 107 Å². The number of hydrogen-bond donors (Lipinski definition) is 1. The van der Waals surface area contributed by atoms with Crippen LogP contribution in [-0.2, 0) is 4.79 Å². The van der Waals surface area contributed by atoms with Crippen LogP contribution in [-0.4, -0.2) is 52.9 Å². The number of carboxylic acid groups (broad SMARTS) is 1. The SMILES string of the molecule is CC=CCC(CC)C(C)(C)C.CCCCN(C)C1=NCN(C(CCC(C)(C)C)c2ccc(C(=O)O)cc2)C1=O. The summed E-state index contributed by atoms with van der Waals surface area (Å²) in [6.45, 7) is 21.2. The Morgan fingerprint density at radius 1 is 1.13 bits per heavy atom. The molecule has 0 saturated carbocycles. The molecule has 1 aliphatic heterocycles. The van der Waals surface area contributed by atoms with Crippen LogP contribution < -0.4 is 0 Å². The number of hydrogen-bond acceptors (Lipinski definition) is 4. The molecule has 0 aliphatic carbocycles. The van der Waals surface area contributed by atoms with Gasteiger partial charge in [-0.1, -0.05) is 92.5 Å². The fourth-order valence-electron chi connectivity index (χ4n) is 4.78. The number of aromatic carboxylic acids is 1. The molecule has 1 aromatic carbocycles. The van der Waals surface area contributed by atoms with Crippen LogP contribution >= 0.6 is 0 Å². The van der Waals surface area contributed by atoms with E-state index in [0.717, 1.165) is 43.7 Å². The van der Waals surface area contributed by atoms with Gasteiger partial charge in [0, 0.05) is 13.6 Å². The number of likely N-dealkylation sites (N-methyl/N-ethyl adjacent to an activating group) is 1. The standard InChI is InChI=1S/C22H33N3O3.C11H22/c1-6-7-14-24(5)19-20(26)25(15-23-19)18(12-13-22(2,3)4)16-8-10-17(11-9-16)21(27)28;1-6-8-9-10(7-2)11(3,4)5/h8-11,18H,6-7,12-15H2,1-5H3,(H,27,28);6,8,10H,7,9H2,1-5H3. The van der Waals surface area contributed by atoms with Gasteiger partial charge >= 0.3 is 5.97 Å². The second kappa shape index (κ2) is 15.8. The molecule has 39 heavy (non-hydrogen) atoms. The second-order valence-electron chi connectivity index (χ2n) is 13.0. The quantitative estimate of drug-likeness (QED) is 0.287. The number of amides is 1. The summed E-state index contributed by atoms with van der Waals surface area (Å²) in [4.78, 5) is 32.5. The molecule has 0 saturated heterocycles. The number of allylic oxidation sites excluding steroid dienone is 2. The molecule has 0 spiro atoms. The molecule has 6 heteroatoms. The summed E-state index contributed by atoms with van der Waals surface area (Å²) in [6, 6.07) is 6.75. The van der Waals surface area contributed by atoms with Gasteiger partial charge in [0.1, 0.15) is 6.67 Å². The lowest BCUT2D eigenvalue weighted by Gasteiger charge is -2.31. The van der Waals surface area contributed by atoms with Crippen molar-refractivity contribution in [2.75, 3.05) is 20.3 Å². The van der Waals surface area contributed by atoms with E-state index in [4.69, 9.17) is 5.11 Å². The number of carbonyl (C=O) groups excluding carboxylic acids is 1. The van der Waals surface area contributed by atoms with E-state index in [1.54, 1.807) is 12.1 Å². The van der Waals surface area contributed by atoms with Crippen LogP contribution in [0.25, 0.3) is 0 Å². The first-order chi connectivity index (χ1) is 18.2. The number of unbranched alkanes of at least 4 members (excludes halogenated alkanes) is 1. The fourth-order valence-corrected chi connectivity index (χ4v) is 4.78. The minimum absolute atomic E-state index is 0.0418. The van der Waals surface area contributed by atoms with Crippen molar-refractivity contribution in [2.24, 2.45) is 21.7 Å². The lowest BCUT2D eigenvalue weighted by Crippen LogP contribution is -2.40. The van der Waals surface area contributed by atoms with Crippen LogP contribution in [0.2, 0.25) is 0 Å². The summed E-state index contributed by atoms with van der Waals surface area (Å²) in [7, 11) is 1.92. The minimum atomic E-state index is -0.946. The Hall–Kier alpha value is -2.63. The van der Waals surface area contributed by atoms with Crippen LogP contribution in [0.1, 0.15) is 123 Å². The third kappa shape index (κ3) is 11.6. The molecule has 2 atom stereocenters. The third-order valence-electron chi connectivity index (χ3n) is 7.49. The van der Waals surface area contributed by atoms with E-state index >= 15 is 0 Å². The van der Waals surface area contributed by atoms with Gasteiger partial charge in [-0.25, -0.2) is 9.79 Å². The zero-order valence-corrected chi connectivity index (χ0v) is 26.4. The van der Waals surface area contributed by atoms with Crippen molar-refractivity contribution in [3.8, 4) is 0 Å². The molecule has 1 heterocycles. The van der Waals surface area contributed by atoms with Crippen molar-refractivity contribution in [3.63, 3.8) is 0 Å². The molecule has 2 unspecified atom stereocenters. The summed E-state index contributed by atoms with van der Waals surface area (Å²) in [5.74, 6) is 0.369. The van der Waals surface area contributed by atoms with Gasteiger partial charge in [-0.15, -0.1) is 0 Å². The first kappa shape index (κ1) is 34.4. The fraction of sp³-hybridized carbons (Fsp3) is 0.667. The molecule has 0 radical (unpaired) electrons. The Morgan fingerprint density at radius 3 is 2.21 bits per heavy atom. The van der Waals surface area contributed by atoms with Crippen LogP contribution in [0.3, 0.4) is 0 Å². The van der Waals surface area contributed by atoms with Gasteiger partial charge in [0.15, 0.2) is 5.84 Å². The van der Waals surface area contributed by atoms with Gasteiger partial charge in [-0.05, 0) is 67.1 Å². The average molecular weight is 542 g/mol. The van der Waals surface area contributed by atoms with E-state index < -0.39 is 5.97 Å². The highest BCUT2D eigenvalue weighted by Gasteiger charge is 2.34. The third-order valence-corrected chi connectivity index (χ3v) is 7.49. The highest BCUT2D eigenvalue weighted by atomic mass is 16.4. The Balaban J connectivity index is 0.000000584. The number of nitrogens with zero attached hydrogens (tertiary/aromatic N) is 3. The molecule has 1 aliphatic rings. The van der Waals surface area contributed by atoms with Crippen molar-refractivity contribution in [1.82, 2.24) is 9.80 Å². The second-order valence-corrected chi connectivity index (χ2v) is 13.0. The average Bonchev–Trinajstić information content (AvgIpc) is 3.23. The molecule has 2 rings (SSSR count). The lowest BCUT2D eigenvalue weighted by molar-refractivity contribution is -0.125. The molecule has 220 valence electrons. The normalized spacial score (nSPS) is 15.6. The van der Waals surface area contributed by atoms with Crippen molar-refractivity contribution in [1.29, 1.82) is 0 Å². The highest BCUT2D eigenvalue weighted by Crippen LogP contribution is 2.33. The molecule has 1 amide bonds. The summed E-state index contributed by atoms with van der Waals surface area (Å²) in [5.41, 5.74) is 1.82. The number of rotatable bonds is 11. The largest absolute Gasteiger partial charge is 0.478 e. The smallest absolute Gasteiger partial charge is 0.335 e. The van der Waals surface area contributed by atoms with Crippen LogP contribution in [0.5, 0.6) is 0 Å². The Labute approximate surface area is 238 Å². The molecule has 0 fully saturated rings. The molecule has 1 aromatic rings. The number of carboxylic acids is 1. The van der Waals surface area contributed by atoms with Gasteiger partial charge in [-0.3, -0.25) is 4.79 Å². The molecule has 1 N–H and O–H groups in total. The number of carbonyl (C=O) groups is 2. The van der Waals surface area contributed by atoms with Gasteiger partial charge in [0.25, 0.3) is 5.91 Å². The minimum Gasteiger partial charge on any atom is -0.478 e. The first-order valence-electron chi connectivity index (χ1n) is 14.7. The Bertz CT molecular complexity index is 952. The predicted octanol–water partition coefficient (Wildman–Crippen LogP) is 8.21. The van der Waals surface area contributed by atoms with Crippen LogP contribution in [0.4, 0.5) is 0 Å². The Kier molecular flexibility index (Phi) is 14.0. The lowest BCUT2D eigenvalue weighted by atomic mass is 9.77. The number of amidine groups is 1. The molecule has 0 bridgehead atoms. The summed E-state index contributed by atoms with van der Waals surface area (Å²) in [5, 5.41) is 9.16. The molecular weight excluding hydrogens is 486 g/mol.